The number of nitrogens with one attached hydrogen (secondary N) is 1. The van der Waals surface area contributed by atoms with Crippen molar-refractivity contribution in [2.45, 2.75) is 31.8 Å². The fourth-order valence-electron chi connectivity index (χ4n) is 3.86. The first-order valence-electron chi connectivity index (χ1n) is 10.1. The van der Waals surface area contributed by atoms with Crippen molar-refractivity contribution in [1.82, 2.24) is 20.0 Å². The number of carbonyl (C=O) groups excluding carboxylic acids is 2. The third-order valence-electron chi connectivity index (χ3n) is 5.57. The summed E-state index contributed by atoms with van der Waals surface area (Å²) in [4.78, 5) is 39.1. The van der Waals surface area contributed by atoms with E-state index in [1.54, 1.807) is 13.8 Å². The topological polar surface area (TPSA) is 97.4 Å². The SMILES string of the molecule is CC1(C)C(=O)NCCN1C(=O)Cn1nc(C(c2ccccc2)c2ccccc2)oc1=O. The number of hydrogen-bond donors (Lipinski definition) is 1. The van der Waals surface area contributed by atoms with E-state index < -0.39 is 11.3 Å². The third kappa shape index (κ3) is 4.01. The van der Waals surface area contributed by atoms with Gasteiger partial charge >= 0.3 is 5.76 Å². The fourth-order valence-corrected chi connectivity index (χ4v) is 3.86. The van der Waals surface area contributed by atoms with Crippen molar-refractivity contribution in [3.8, 4) is 0 Å². The zero-order valence-corrected chi connectivity index (χ0v) is 17.4. The largest absolute Gasteiger partial charge is 0.437 e. The highest BCUT2D eigenvalue weighted by Gasteiger charge is 2.40. The lowest BCUT2D eigenvalue weighted by atomic mass is 9.91. The highest BCUT2D eigenvalue weighted by molar-refractivity contribution is 5.91. The molecule has 3 aromatic rings. The molecule has 0 atom stereocenters. The summed E-state index contributed by atoms with van der Waals surface area (Å²) >= 11 is 0. The molecule has 0 radical (unpaired) electrons. The van der Waals surface area contributed by atoms with Gasteiger partial charge in [0.1, 0.15) is 12.1 Å². The number of carbonyl (C=O) groups is 2. The first-order chi connectivity index (χ1) is 14.9. The summed E-state index contributed by atoms with van der Waals surface area (Å²) in [6.45, 7) is 3.80. The van der Waals surface area contributed by atoms with Gasteiger partial charge in [-0.2, -0.15) is 4.68 Å². The Morgan fingerprint density at radius 3 is 2.23 bits per heavy atom. The first kappa shape index (κ1) is 20.6. The molecule has 31 heavy (non-hydrogen) atoms. The van der Waals surface area contributed by atoms with Crippen LogP contribution in [0.4, 0.5) is 0 Å². The van der Waals surface area contributed by atoms with E-state index >= 15 is 0 Å². The monoisotopic (exact) mass is 420 g/mol. The minimum Gasteiger partial charge on any atom is -0.391 e. The molecule has 160 valence electrons. The van der Waals surface area contributed by atoms with Crippen molar-refractivity contribution < 1.29 is 14.0 Å². The predicted molar refractivity (Wildman–Crippen MR) is 113 cm³/mol. The Bertz CT molecular complexity index is 1100. The molecule has 1 aliphatic rings. The average Bonchev–Trinajstić information content (AvgIpc) is 3.11. The highest BCUT2D eigenvalue weighted by Crippen LogP contribution is 2.30. The minimum absolute atomic E-state index is 0.214. The van der Waals surface area contributed by atoms with Gasteiger partial charge in [0, 0.05) is 13.1 Å². The van der Waals surface area contributed by atoms with Gasteiger partial charge < -0.3 is 14.6 Å². The molecule has 0 unspecified atom stereocenters. The van der Waals surface area contributed by atoms with Crippen molar-refractivity contribution >= 4 is 11.8 Å². The van der Waals surface area contributed by atoms with E-state index in [9.17, 15) is 14.4 Å². The van der Waals surface area contributed by atoms with E-state index in [2.05, 4.69) is 10.4 Å². The standard InChI is InChI=1S/C23H24N4O4/c1-23(2)21(29)24-13-14-26(23)18(28)15-27-22(30)31-20(25-27)19(16-9-5-3-6-10-16)17-11-7-4-8-12-17/h3-12,19H,13-15H2,1-2H3,(H,24,29). The van der Waals surface area contributed by atoms with E-state index in [4.69, 9.17) is 4.42 Å². The maximum absolute atomic E-state index is 12.9. The Hall–Kier alpha value is -3.68. The molecule has 1 N–H and O–H groups in total. The van der Waals surface area contributed by atoms with Gasteiger partial charge in [0.05, 0.1) is 5.92 Å². The van der Waals surface area contributed by atoms with Crippen LogP contribution < -0.4 is 11.1 Å². The summed E-state index contributed by atoms with van der Waals surface area (Å²) in [5, 5.41) is 7.11. The fraction of sp³-hybridized carbons (Fsp3) is 0.304. The van der Waals surface area contributed by atoms with Crippen molar-refractivity contribution in [3.63, 3.8) is 0 Å². The van der Waals surface area contributed by atoms with Crippen molar-refractivity contribution in [2.75, 3.05) is 13.1 Å². The molecule has 2 heterocycles. The highest BCUT2D eigenvalue weighted by atomic mass is 16.4. The van der Waals surface area contributed by atoms with Gasteiger partial charge in [0.2, 0.25) is 17.7 Å². The molecule has 8 heteroatoms. The van der Waals surface area contributed by atoms with Crippen LogP contribution in [-0.4, -0.2) is 45.1 Å². The van der Waals surface area contributed by atoms with Gasteiger partial charge in [-0.1, -0.05) is 60.7 Å². The molecular weight excluding hydrogens is 396 g/mol. The van der Waals surface area contributed by atoms with Crippen LogP contribution in [0.5, 0.6) is 0 Å². The lowest BCUT2D eigenvalue weighted by Crippen LogP contribution is -2.64. The van der Waals surface area contributed by atoms with Gasteiger partial charge in [0.25, 0.3) is 0 Å². The summed E-state index contributed by atoms with van der Waals surface area (Å²) < 4.78 is 6.52. The number of hydrogen-bond acceptors (Lipinski definition) is 5. The Labute approximate surface area is 179 Å². The molecule has 0 spiro atoms. The number of amides is 2. The van der Waals surface area contributed by atoms with Gasteiger partial charge in [-0.25, -0.2) is 4.79 Å². The van der Waals surface area contributed by atoms with Crippen molar-refractivity contribution in [1.29, 1.82) is 0 Å². The maximum atomic E-state index is 12.9. The Balaban J connectivity index is 1.65. The second-order valence-corrected chi connectivity index (χ2v) is 7.98. The molecule has 0 bridgehead atoms. The quantitative estimate of drug-likeness (QED) is 0.678. The molecular formula is C23H24N4O4. The predicted octanol–water partition coefficient (Wildman–Crippen LogP) is 1.75. The average molecular weight is 420 g/mol. The van der Waals surface area contributed by atoms with E-state index in [1.807, 2.05) is 60.7 Å². The van der Waals surface area contributed by atoms with Crippen LogP contribution in [0.3, 0.4) is 0 Å². The first-order valence-corrected chi connectivity index (χ1v) is 10.1. The summed E-state index contributed by atoms with van der Waals surface area (Å²) in [5.41, 5.74) is 0.840. The second-order valence-electron chi connectivity index (χ2n) is 7.98. The van der Waals surface area contributed by atoms with E-state index in [0.29, 0.717) is 13.1 Å². The lowest BCUT2D eigenvalue weighted by molar-refractivity contribution is -0.149. The van der Waals surface area contributed by atoms with E-state index in [1.165, 1.54) is 4.90 Å². The summed E-state index contributed by atoms with van der Waals surface area (Å²) in [6, 6.07) is 19.2. The van der Waals surface area contributed by atoms with Gasteiger partial charge in [-0.3, -0.25) is 9.59 Å². The Morgan fingerprint density at radius 1 is 1.06 bits per heavy atom. The number of piperazine rings is 1. The molecule has 4 rings (SSSR count). The van der Waals surface area contributed by atoms with Gasteiger partial charge in [0.15, 0.2) is 0 Å². The number of rotatable bonds is 5. The molecule has 1 saturated heterocycles. The maximum Gasteiger partial charge on any atom is 0.437 e. The smallest absolute Gasteiger partial charge is 0.391 e. The van der Waals surface area contributed by atoms with Crippen LogP contribution >= 0.6 is 0 Å². The number of benzene rings is 2. The molecule has 0 saturated carbocycles. The molecule has 2 aromatic carbocycles. The zero-order valence-electron chi connectivity index (χ0n) is 17.4. The second kappa shape index (κ2) is 8.22. The Kier molecular flexibility index (Phi) is 5.46. The molecule has 1 fully saturated rings. The minimum atomic E-state index is -0.998. The zero-order chi connectivity index (χ0) is 22.0. The number of nitrogens with zero attached hydrogens (tertiary/aromatic N) is 3. The van der Waals surface area contributed by atoms with Gasteiger partial charge in [-0.15, -0.1) is 5.10 Å². The molecule has 2 amide bonds. The van der Waals surface area contributed by atoms with Crippen LogP contribution in [0.2, 0.25) is 0 Å². The summed E-state index contributed by atoms with van der Waals surface area (Å²) in [5.74, 6) is -1.47. The van der Waals surface area contributed by atoms with Crippen molar-refractivity contribution in [2.24, 2.45) is 0 Å². The van der Waals surface area contributed by atoms with Crippen LogP contribution in [0.1, 0.15) is 36.8 Å². The number of aromatic nitrogens is 2. The van der Waals surface area contributed by atoms with Crippen LogP contribution in [0.15, 0.2) is 69.9 Å². The van der Waals surface area contributed by atoms with E-state index in [0.717, 1.165) is 15.8 Å². The lowest BCUT2D eigenvalue weighted by Gasteiger charge is -2.41. The Morgan fingerprint density at radius 2 is 1.65 bits per heavy atom. The van der Waals surface area contributed by atoms with Crippen LogP contribution in [0.25, 0.3) is 0 Å². The summed E-state index contributed by atoms with van der Waals surface area (Å²) in [7, 11) is 0. The van der Waals surface area contributed by atoms with Crippen molar-refractivity contribution in [3.05, 3.63) is 88.2 Å². The van der Waals surface area contributed by atoms with Crippen LogP contribution in [0, 0.1) is 0 Å². The van der Waals surface area contributed by atoms with E-state index in [-0.39, 0.29) is 30.2 Å². The normalized spacial score (nSPS) is 15.7. The molecule has 0 aliphatic carbocycles. The van der Waals surface area contributed by atoms with Crippen LogP contribution in [-0.2, 0) is 16.1 Å². The summed E-state index contributed by atoms with van der Waals surface area (Å²) in [6.07, 6.45) is 0. The third-order valence-corrected chi connectivity index (χ3v) is 5.57. The molecule has 8 nitrogen and oxygen atoms in total. The molecule has 1 aliphatic heterocycles. The molecule has 1 aromatic heterocycles. The van der Waals surface area contributed by atoms with Gasteiger partial charge in [-0.05, 0) is 25.0 Å².